The van der Waals surface area contributed by atoms with E-state index in [0.29, 0.717) is 0 Å². The number of amides is 2. The Hall–Kier alpha value is -2.77. The molecule has 0 spiro atoms. The molecule has 0 bridgehead atoms. The quantitative estimate of drug-likeness (QED) is 0.578. The molecule has 0 radical (unpaired) electrons. The summed E-state index contributed by atoms with van der Waals surface area (Å²) in [6.07, 6.45) is -4.50. The van der Waals surface area contributed by atoms with Crippen molar-refractivity contribution in [1.82, 2.24) is 0 Å². The van der Waals surface area contributed by atoms with Crippen LogP contribution >= 0.6 is 0 Å². The maximum atomic E-state index is 13.0. The molecule has 4 nitrogen and oxygen atoms in total. The Morgan fingerprint density at radius 1 is 1.00 bits per heavy atom. The highest BCUT2D eigenvalue weighted by molar-refractivity contribution is 6.00. The highest BCUT2D eigenvalue weighted by Gasteiger charge is 2.30. The molecule has 2 rings (SSSR count). The molecular weight excluding hydrogens is 302 g/mol. The van der Waals surface area contributed by atoms with E-state index in [-0.39, 0.29) is 17.1 Å². The summed E-state index contributed by atoms with van der Waals surface area (Å²) < 4.78 is 50.6. The Bertz CT molecular complexity index is 701. The standard InChI is InChI=1S/C14H11F4N3O/c15-11-5-4-10(7-12(11)19)21-13(22)20-9-3-1-2-8(6-9)14(16,17)18/h1-7H,19H2,(H2,20,21,22). The van der Waals surface area contributed by atoms with Crippen molar-refractivity contribution in [3.8, 4) is 0 Å². The maximum Gasteiger partial charge on any atom is 0.416 e. The van der Waals surface area contributed by atoms with Gasteiger partial charge in [-0.25, -0.2) is 9.18 Å². The molecule has 4 N–H and O–H groups in total. The number of nitrogens with one attached hydrogen (secondary N) is 2. The Morgan fingerprint density at radius 2 is 1.64 bits per heavy atom. The van der Waals surface area contributed by atoms with Gasteiger partial charge in [0.1, 0.15) is 5.82 Å². The molecular formula is C14H11F4N3O. The van der Waals surface area contributed by atoms with E-state index in [9.17, 15) is 22.4 Å². The first kappa shape index (κ1) is 15.6. The predicted molar refractivity (Wildman–Crippen MR) is 74.9 cm³/mol. The van der Waals surface area contributed by atoms with Crippen molar-refractivity contribution in [2.75, 3.05) is 16.4 Å². The third-order valence-electron chi connectivity index (χ3n) is 2.70. The summed E-state index contributed by atoms with van der Waals surface area (Å²) in [7, 11) is 0. The van der Waals surface area contributed by atoms with Crippen LogP contribution in [0.3, 0.4) is 0 Å². The number of benzene rings is 2. The van der Waals surface area contributed by atoms with Gasteiger partial charge < -0.3 is 16.4 Å². The van der Waals surface area contributed by atoms with Gasteiger partial charge in [0.15, 0.2) is 0 Å². The average Bonchev–Trinajstić information content (AvgIpc) is 2.42. The zero-order chi connectivity index (χ0) is 16.3. The first-order chi connectivity index (χ1) is 10.3. The van der Waals surface area contributed by atoms with Gasteiger partial charge in [0.25, 0.3) is 0 Å². The topological polar surface area (TPSA) is 67.1 Å². The molecule has 0 fully saturated rings. The molecule has 0 aromatic heterocycles. The Kier molecular flexibility index (Phi) is 4.20. The van der Waals surface area contributed by atoms with Crippen molar-refractivity contribution >= 4 is 23.1 Å². The van der Waals surface area contributed by atoms with Gasteiger partial charge in [-0.05, 0) is 36.4 Å². The van der Waals surface area contributed by atoms with Gasteiger partial charge in [-0.2, -0.15) is 13.2 Å². The second-order valence-electron chi connectivity index (χ2n) is 4.39. The minimum absolute atomic E-state index is 0.0255. The second kappa shape index (κ2) is 5.92. The first-order valence-electron chi connectivity index (χ1n) is 6.06. The van der Waals surface area contributed by atoms with Crippen LogP contribution in [0.5, 0.6) is 0 Å². The summed E-state index contributed by atoms with van der Waals surface area (Å²) in [5, 5.41) is 4.59. The number of alkyl halides is 3. The van der Waals surface area contributed by atoms with Crippen LogP contribution in [0.4, 0.5) is 39.4 Å². The Labute approximate surface area is 122 Å². The van der Waals surface area contributed by atoms with Crippen LogP contribution in [0.15, 0.2) is 42.5 Å². The fraction of sp³-hybridized carbons (Fsp3) is 0.0714. The molecule has 2 aromatic rings. The van der Waals surface area contributed by atoms with Gasteiger partial charge in [0.05, 0.1) is 11.3 Å². The maximum absolute atomic E-state index is 13.0. The summed E-state index contributed by atoms with van der Waals surface area (Å²) >= 11 is 0. The van der Waals surface area contributed by atoms with Gasteiger partial charge in [-0.1, -0.05) is 6.07 Å². The third kappa shape index (κ3) is 3.87. The molecule has 0 atom stereocenters. The van der Waals surface area contributed by atoms with E-state index in [0.717, 1.165) is 18.2 Å². The van der Waals surface area contributed by atoms with Gasteiger partial charge in [0, 0.05) is 11.4 Å². The van der Waals surface area contributed by atoms with Gasteiger partial charge in [-0.3, -0.25) is 0 Å². The number of urea groups is 1. The van der Waals surface area contributed by atoms with E-state index in [1.807, 2.05) is 0 Å². The van der Waals surface area contributed by atoms with Crippen molar-refractivity contribution in [2.45, 2.75) is 6.18 Å². The second-order valence-corrected chi connectivity index (χ2v) is 4.39. The monoisotopic (exact) mass is 313 g/mol. The molecule has 0 aliphatic rings. The molecule has 0 aliphatic heterocycles. The number of nitrogen functional groups attached to an aromatic ring is 1. The van der Waals surface area contributed by atoms with Crippen molar-refractivity contribution in [3.05, 3.63) is 53.8 Å². The van der Waals surface area contributed by atoms with Crippen LogP contribution in [0.25, 0.3) is 0 Å². The minimum Gasteiger partial charge on any atom is -0.396 e. The van der Waals surface area contributed by atoms with Gasteiger partial charge >= 0.3 is 12.2 Å². The lowest BCUT2D eigenvalue weighted by molar-refractivity contribution is -0.137. The number of halogens is 4. The lowest BCUT2D eigenvalue weighted by Crippen LogP contribution is -2.20. The van der Waals surface area contributed by atoms with E-state index in [1.54, 1.807) is 0 Å². The van der Waals surface area contributed by atoms with Crippen molar-refractivity contribution in [3.63, 3.8) is 0 Å². The zero-order valence-corrected chi connectivity index (χ0v) is 11.0. The van der Waals surface area contributed by atoms with Gasteiger partial charge in [-0.15, -0.1) is 0 Å². The highest BCUT2D eigenvalue weighted by Crippen LogP contribution is 2.30. The van der Waals surface area contributed by atoms with Crippen LogP contribution in [0, 0.1) is 5.82 Å². The van der Waals surface area contributed by atoms with Gasteiger partial charge in [0.2, 0.25) is 0 Å². The molecule has 22 heavy (non-hydrogen) atoms. The number of carbonyl (C=O) groups is 1. The number of carbonyl (C=O) groups excluding carboxylic acids is 1. The number of anilines is 3. The highest BCUT2D eigenvalue weighted by atomic mass is 19.4. The molecule has 8 heteroatoms. The van der Waals surface area contributed by atoms with Crippen LogP contribution in [0.1, 0.15) is 5.56 Å². The lowest BCUT2D eigenvalue weighted by Gasteiger charge is -2.11. The van der Waals surface area contributed by atoms with E-state index in [1.165, 1.54) is 24.3 Å². The average molecular weight is 313 g/mol. The number of hydrogen-bond donors (Lipinski definition) is 3. The lowest BCUT2D eigenvalue weighted by atomic mass is 10.2. The third-order valence-corrected chi connectivity index (χ3v) is 2.70. The van der Waals surface area contributed by atoms with E-state index in [2.05, 4.69) is 10.6 Å². The predicted octanol–water partition coefficient (Wildman–Crippen LogP) is 4.07. The Morgan fingerprint density at radius 3 is 2.23 bits per heavy atom. The number of hydrogen-bond acceptors (Lipinski definition) is 2. The van der Waals surface area contributed by atoms with Crippen LogP contribution in [0.2, 0.25) is 0 Å². The van der Waals surface area contributed by atoms with E-state index >= 15 is 0 Å². The summed E-state index contributed by atoms with van der Waals surface area (Å²) in [4.78, 5) is 11.7. The van der Waals surface area contributed by atoms with Crippen LogP contribution in [-0.4, -0.2) is 6.03 Å². The van der Waals surface area contributed by atoms with Crippen LogP contribution in [-0.2, 0) is 6.18 Å². The molecule has 0 heterocycles. The molecule has 116 valence electrons. The smallest absolute Gasteiger partial charge is 0.396 e. The molecule has 0 aliphatic carbocycles. The van der Waals surface area contributed by atoms with E-state index < -0.39 is 23.6 Å². The number of rotatable bonds is 2. The molecule has 0 unspecified atom stereocenters. The summed E-state index contributed by atoms with van der Waals surface area (Å²) in [6.45, 7) is 0. The van der Waals surface area contributed by atoms with Crippen LogP contribution < -0.4 is 16.4 Å². The molecule has 0 saturated heterocycles. The molecule has 2 amide bonds. The number of nitrogens with two attached hydrogens (primary N) is 1. The summed E-state index contributed by atoms with van der Waals surface area (Å²) in [6, 6.07) is 6.95. The Balaban J connectivity index is 2.07. The van der Waals surface area contributed by atoms with E-state index in [4.69, 9.17) is 5.73 Å². The zero-order valence-electron chi connectivity index (χ0n) is 11.0. The largest absolute Gasteiger partial charge is 0.416 e. The van der Waals surface area contributed by atoms with Crippen molar-refractivity contribution < 1.29 is 22.4 Å². The summed E-state index contributed by atoms with van der Waals surface area (Å²) in [5.41, 5.74) is 4.50. The first-order valence-corrected chi connectivity index (χ1v) is 6.06. The van der Waals surface area contributed by atoms with Crippen molar-refractivity contribution in [2.24, 2.45) is 0 Å². The molecule has 0 saturated carbocycles. The normalized spacial score (nSPS) is 11.1. The fourth-order valence-corrected chi connectivity index (χ4v) is 1.69. The summed E-state index contributed by atoms with van der Waals surface area (Å²) in [5.74, 6) is -0.635. The molecule has 2 aromatic carbocycles. The fourth-order valence-electron chi connectivity index (χ4n) is 1.69. The SMILES string of the molecule is Nc1cc(NC(=O)Nc2cccc(C(F)(F)F)c2)ccc1F. The minimum atomic E-state index is -4.50. The van der Waals surface area contributed by atoms with Crippen molar-refractivity contribution in [1.29, 1.82) is 0 Å².